The van der Waals surface area contributed by atoms with Crippen LogP contribution in [0.5, 0.6) is 0 Å². The van der Waals surface area contributed by atoms with Crippen molar-refractivity contribution in [3.05, 3.63) is 94.8 Å². The number of nitrogens with zero attached hydrogens (tertiary/aromatic N) is 1. The minimum Gasteiger partial charge on any atom is -0.322 e. The molecule has 0 saturated heterocycles. The number of carbonyl (C=O) groups is 1. The fourth-order valence-corrected chi connectivity index (χ4v) is 4.62. The number of rotatable bonds is 7. The average molecular weight is 447 g/mol. The predicted octanol–water partition coefficient (Wildman–Crippen LogP) is 4.94. The molecule has 0 unspecified atom stereocenters. The molecule has 3 rings (SSSR count). The second-order valence-corrected chi connectivity index (χ2v) is 8.87. The van der Waals surface area contributed by atoms with E-state index in [1.807, 2.05) is 6.07 Å². The Bertz CT molecular complexity index is 1150. The fraction of sp³-hybridized carbons (Fsp3) is 0.136. The first-order valence-electron chi connectivity index (χ1n) is 9.22. The van der Waals surface area contributed by atoms with E-state index in [1.54, 1.807) is 55.5 Å². The van der Waals surface area contributed by atoms with Gasteiger partial charge in [0.25, 0.3) is 5.91 Å². The van der Waals surface area contributed by atoms with Crippen LogP contribution in [0.1, 0.15) is 22.8 Å². The summed E-state index contributed by atoms with van der Waals surface area (Å²) in [4.78, 5) is 12.0. The monoisotopic (exact) mass is 446 g/mol. The number of anilines is 1. The first-order chi connectivity index (χ1) is 14.3. The lowest BCUT2D eigenvalue weighted by Gasteiger charge is -2.21. The molecular formula is C22H20ClFN2O3S. The molecule has 0 bridgehead atoms. The van der Waals surface area contributed by atoms with E-state index in [1.165, 1.54) is 10.4 Å². The van der Waals surface area contributed by atoms with Gasteiger partial charge in [0.15, 0.2) is 0 Å². The SMILES string of the molecule is CCN(Cc1ccccc1)S(=O)(=O)c1cc(C(=O)Nc2cccc(Cl)c2)ccc1F. The highest BCUT2D eigenvalue weighted by atomic mass is 35.5. The van der Waals surface area contributed by atoms with Gasteiger partial charge in [-0.1, -0.05) is 54.9 Å². The molecule has 0 saturated carbocycles. The zero-order valence-electron chi connectivity index (χ0n) is 16.2. The van der Waals surface area contributed by atoms with Crippen molar-refractivity contribution < 1.29 is 17.6 Å². The molecule has 3 aromatic carbocycles. The lowest BCUT2D eigenvalue weighted by atomic mass is 10.2. The molecule has 0 radical (unpaired) electrons. The Morgan fingerprint density at radius 1 is 1.03 bits per heavy atom. The molecule has 0 aliphatic carbocycles. The number of carbonyl (C=O) groups excluding carboxylic acids is 1. The van der Waals surface area contributed by atoms with Gasteiger partial charge in [0.1, 0.15) is 10.7 Å². The minimum atomic E-state index is -4.16. The number of hydrogen-bond acceptors (Lipinski definition) is 3. The van der Waals surface area contributed by atoms with Crippen molar-refractivity contribution in [2.24, 2.45) is 0 Å². The first kappa shape index (κ1) is 22.0. The summed E-state index contributed by atoms with van der Waals surface area (Å²) in [7, 11) is -4.16. The zero-order chi connectivity index (χ0) is 21.7. The largest absolute Gasteiger partial charge is 0.322 e. The number of sulfonamides is 1. The zero-order valence-corrected chi connectivity index (χ0v) is 17.8. The van der Waals surface area contributed by atoms with Gasteiger partial charge in [-0.25, -0.2) is 12.8 Å². The summed E-state index contributed by atoms with van der Waals surface area (Å²) in [5, 5.41) is 3.07. The third-order valence-corrected chi connectivity index (χ3v) is 6.62. The standard InChI is InChI=1S/C22H20ClFN2O3S/c1-2-26(15-16-7-4-3-5-8-16)30(28,29)21-13-17(11-12-20(21)24)22(27)25-19-10-6-9-18(23)14-19/h3-14H,2,15H2,1H3,(H,25,27). The topological polar surface area (TPSA) is 66.5 Å². The van der Waals surface area contributed by atoms with Crippen molar-refractivity contribution in [1.82, 2.24) is 4.31 Å². The maximum absolute atomic E-state index is 14.5. The molecule has 5 nitrogen and oxygen atoms in total. The Kier molecular flexibility index (Phi) is 6.87. The van der Waals surface area contributed by atoms with Crippen LogP contribution in [0.25, 0.3) is 0 Å². The van der Waals surface area contributed by atoms with Crippen LogP contribution < -0.4 is 5.32 Å². The molecule has 8 heteroatoms. The molecule has 30 heavy (non-hydrogen) atoms. The number of hydrogen-bond donors (Lipinski definition) is 1. The lowest BCUT2D eigenvalue weighted by Crippen LogP contribution is -2.31. The molecule has 3 aromatic rings. The summed E-state index contributed by atoms with van der Waals surface area (Å²) in [5.41, 5.74) is 1.24. The Morgan fingerprint density at radius 2 is 1.77 bits per heavy atom. The molecule has 0 aromatic heterocycles. The quantitative estimate of drug-likeness (QED) is 0.558. The van der Waals surface area contributed by atoms with E-state index < -0.39 is 26.6 Å². The average Bonchev–Trinajstić information content (AvgIpc) is 2.72. The van der Waals surface area contributed by atoms with E-state index in [0.29, 0.717) is 10.7 Å². The predicted molar refractivity (Wildman–Crippen MR) is 116 cm³/mol. The summed E-state index contributed by atoms with van der Waals surface area (Å²) < 4.78 is 41.9. The van der Waals surface area contributed by atoms with Crippen LogP contribution in [0.3, 0.4) is 0 Å². The van der Waals surface area contributed by atoms with E-state index in [4.69, 9.17) is 11.6 Å². The minimum absolute atomic E-state index is 0.0192. The van der Waals surface area contributed by atoms with Crippen molar-refractivity contribution in [3.63, 3.8) is 0 Å². The smallest absolute Gasteiger partial charge is 0.255 e. The maximum Gasteiger partial charge on any atom is 0.255 e. The molecule has 1 amide bonds. The fourth-order valence-electron chi connectivity index (χ4n) is 2.90. The number of benzene rings is 3. The van der Waals surface area contributed by atoms with Crippen LogP contribution in [0, 0.1) is 5.82 Å². The Balaban J connectivity index is 1.90. The molecule has 0 heterocycles. The molecular weight excluding hydrogens is 427 g/mol. The van der Waals surface area contributed by atoms with Crippen LogP contribution in [0.15, 0.2) is 77.7 Å². The van der Waals surface area contributed by atoms with E-state index in [0.717, 1.165) is 17.7 Å². The normalized spacial score (nSPS) is 11.5. The van der Waals surface area contributed by atoms with Gasteiger partial charge in [0.2, 0.25) is 10.0 Å². The highest BCUT2D eigenvalue weighted by Gasteiger charge is 2.27. The van der Waals surface area contributed by atoms with Crippen molar-refractivity contribution in [2.45, 2.75) is 18.4 Å². The summed E-state index contributed by atoms with van der Waals surface area (Å²) in [6, 6.07) is 18.8. The van der Waals surface area contributed by atoms with Gasteiger partial charge in [0, 0.05) is 29.4 Å². The van der Waals surface area contributed by atoms with Crippen LogP contribution in [-0.2, 0) is 16.6 Å². The summed E-state index contributed by atoms with van der Waals surface area (Å²) in [5.74, 6) is -1.49. The summed E-state index contributed by atoms with van der Waals surface area (Å²) in [6.07, 6.45) is 0. The maximum atomic E-state index is 14.5. The second-order valence-electron chi connectivity index (χ2n) is 6.53. The third-order valence-electron chi connectivity index (χ3n) is 4.45. The Hall–Kier alpha value is -2.74. The number of amides is 1. The van der Waals surface area contributed by atoms with Crippen LogP contribution in [-0.4, -0.2) is 25.2 Å². The number of halogens is 2. The van der Waals surface area contributed by atoms with E-state index in [9.17, 15) is 17.6 Å². The number of nitrogens with one attached hydrogen (secondary N) is 1. The summed E-state index contributed by atoms with van der Waals surface area (Å²) >= 11 is 5.91. The second kappa shape index (κ2) is 9.38. The highest BCUT2D eigenvalue weighted by Crippen LogP contribution is 2.23. The van der Waals surface area contributed by atoms with Gasteiger partial charge in [-0.05, 0) is 42.0 Å². The van der Waals surface area contributed by atoms with Crippen molar-refractivity contribution in [1.29, 1.82) is 0 Å². The Morgan fingerprint density at radius 3 is 2.43 bits per heavy atom. The van der Waals surface area contributed by atoms with Crippen LogP contribution in [0.2, 0.25) is 5.02 Å². The van der Waals surface area contributed by atoms with E-state index in [2.05, 4.69) is 5.32 Å². The molecule has 0 atom stereocenters. The molecule has 0 spiro atoms. The Labute approximate surface area is 180 Å². The van der Waals surface area contributed by atoms with E-state index >= 15 is 0 Å². The lowest BCUT2D eigenvalue weighted by molar-refractivity contribution is 0.102. The third kappa shape index (κ3) is 5.05. The van der Waals surface area contributed by atoms with Crippen molar-refractivity contribution in [3.8, 4) is 0 Å². The van der Waals surface area contributed by atoms with Crippen LogP contribution in [0.4, 0.5) is 10.1 Å². The van der Waals surface area contributed by atoms with E-state index in [-0.39, 0.29) is 18.7 Å². The molecule has 0 aliphatic heterocycles. The van der Waals surface area contributed by atoms with Gasteiger partial charge in [-0.3, -0.25) is 4.79 Å². The van der Waals surface area contributed by atoms with Gasteiger partial charge in [-0.2, -0.15) is 4.31 Å². The molecule has 0 fully saturated rings. The van der Waals surface area contributed by atoms with Gasteiger partial charge in [0.05, 0.1) is 0 Å². The van der Waals surface area contributed by atoms with Gasteiger partial charge in [-0.15, -0.1) is 0 Å². The van der Waals surface area contributed by atoms with Crippen molar-refractivity contribution in [2.75, 3.05) is 11.9 Å². The van der Waals surface area contributed by atoms with Gasteiger partial charge < -0.3 is 5.32 Å². The summed E-state index contributed by atoms with van der Waals surface area (Å²) in [6.45, 7) is 1.92. The molecule has 0 aliphatic rings. The molecule has 156 valence electrons. The van der Waals surface area contributed by atoms with Crippen molar-refractivity contribution >= 4 is 33.2 Å². The highest BCUT2D eigenvalue weighted by molar-refractivity contribution is 7.89. The molecule has 1 N–H and O–H groups in total. The van der Waals surface area contributed by atoms with Gasteiger partial charge >= 0.3 is 0 Å². The first-order valence-corrected chi connectivity index (χ1v) is 11.0. The van der Waals surface area contributed by atoms with Crippen LogP contribution >= 0.6 is 11.6 Å².